The molecule has 0 aromatic carbocycles. The first-order chi connectivity index (χ1) is 30.2. The van der Waals surface area contributed by atoms with Crippen molar-refractivity contribution in [2.24, 2.45) is 15.0 Å². The smallest absolute Gasteiger partial charge is 0.741 e. The molecule has 23 heteroatoms. The predicted molar refractivity (Wildman–Crippen MR) is 232 cm³/mol. The second kappa shape index (κ2) is 27.5. The normalized spacial score (nSPS) is 22.6. The summed E-state index contributed by atoms with van der Waals surface area (Å²) in [4.78, 5) is 17.3. The van der Waals surface area contributed by atoms with E-state index in [1.807, 2.05) is 0 Å². The number of allylic oxidation sites excluding steroid dienone is 3. The summed E-state index contributed by atoms with van der Waals surface area (Å²) in [6.45, 7) is 4.28. The van der Waals surface area contributed by atoms with Crippen LogP contribution in [0.25, 0.3) is 0 Å². The van der Waals surface area contributed by atoms with Gasteiger partial charge in [0.1, 0.15) is 0 Å². The van der Waals surface area contributed by atoms with Gasteiger partial charge in [0.2, 0.25) is 0 Å². The van der Waals surface area contributed by atoms with Crippen LogP contribution in [0.4, 0.5) is 26.3 Å². The van der Waals surface area contributed by atoms with Gasteiger partial charge in [0.15, 0.2) is 20.2 Å². The van der Waals surface area contributed by atoms with E-state index < -0.39 is 31.3 Å². The number of rotatable bonds is 12. The second-order valence-corrected chi connectivity index (χ2v) is 19.0. The Bertz CT molecular complexity index is 1810. The van der Waals surface area contributed by atoms with Crippen molar-refractivity contribution >= 4 is 37.4 Å². The molecule has 4 heterocycles. The summed E-state index contributed by atoms with van der Waals surface area (Å²) in [7, 11) is -12.2. The first kappa shape index (κ1) is 56.0. The molecule has 0 atom stereocenters. The number of alkyl halides is 6. The van der Waals surface area contributed by atoms with Crippen molar-refractivity contribution in [3.05, 3.63) is 72.1 Å². The molecule has 0 aromatic rings. The summed E-state index contributed by atoms with van der Waals surface area (Å²) in [6, 6.07) is 1.78. The monoisotopic (exact) mass is 1010 g/mol. The van der Waals surface area contributed by atoms with Gasteiger partial charge >= 0.3 is 28.1 Å². The van der Waals surface area contributed by atoms with Crippen LogP contribution in [-0.2, 0) is 42.0 Å². The largest absolute Gasteiger partial charge is 3.00 e. The summed E-state index contributed by atoms with van der Waals surface area (Å²) < 4.78 is 123. The van der Waals surface area contributed by atoms with Gasteiger partial charge in [-0.25, -0.2) is 16.8 Å². The fraction of sp³-hybridized carbons (Fsp3) is 0.643. The third kappa shape index (κ3) is 21.9. The molecule has 3 saturated carbocycles. The molecule has 0 bridgehead atoms. The van der Waals surface area contributed by atoms with Crippen LogP contribution in [0.15, 0.2) is 87.1 Å². The van der Waals surface area contributed by atoms with E-state index in [0.717, 1.165) is 67.1 Å². The maximum atomic E-state index is 10.7. The van der Waals surface area contributed by atoms with Crippen molar-refractivity contribution in [3.63, 3.8) is 0 Å². The van der Waals surface area contributed by atoms with E-state index in [0.29, 0.717) is 18.1 Å². The van der Waals surface area contributed by atoms with E-state index in [1.165, 1.54) is 109 Å². The number of hydrogen-bond acceptors (Lipinski definition) is 14. The fourth-order valence-electron chi connectivity index (χ4n) is 7.55. The molecule has 4 aliphatic heterocycles. The van der Waals surface area contributed by atoms with Crippen LogP contribution in [0.3, 0.4) is 0 Å². The van der Waals surface area contributed by atoms with Crippen LogP contribution in [-0.4, -0.2) is 110 Å². The van der Waals surface area contributed by atoms with Crippen LogP contribution in [0.2, 0.25) is 0 Å². The molecule has 1 radical (unpaired) electrons. The summed E-state index contributed by atoms with van der Waals surface area (Å²) in [6.07, 6.45) is 41.5. The molecule has 0 unspecified atom stereocenters. The molecule has 4 fully saturated rings. The van der Waals surface area contributed by atoms with E-state index in [4.69, 9.17) is 45.7 Å². The third-order valence-electron chi connectivity index (χ3n) is 10.9. The molecule has 65 heavy (non-hydrogen) atoms. The summed E-state index contributed by atoms with van der Waals surface area (Å²) in [5, 5.41) is 10.9. The molecule has 365 valence electrons. The minimum atomic E-state index is -6.09. The molecular formula is C42H59F6FeN7O7S2+. The maximum Gasteiger partial charge on any atom is 3.00 e. The molecule has 1 saturated heterocycles. The summed E-state index contributed by atoms with van der Waals surface area (Å²) in [5.74, 6) is 0. The zero-order valence-electron chi connectivity index (χ0n) is 36.1. The van der Waals surface area contributed by atoms with Gasteiger partial charge in [-0.05, 0) is 87.8 Å². The SMILES string of the molecule is C1=C/C(=C\NC2CCCCC2)N=C1CN(CC1=N/C(=C/NC2CCCCC2)C=C1)CC1=N/C(=C/NC2CCCCC2)C=C1.C1CCOC1.O=S(=O)([O-])C(F)(F)F.O=S(=O)([O-])C(F)(F)F.[Fe+3]. The predicted octanol–water partition coefficient (Wildman–Crippen LogP) is 7.51. The van der Waals surface area contributed by atoms with Gasteiger partial charge in [0.25, 0.3) is 0 Å². The summed E-state index contributed by atoms with van der Waals surface area (Å²) in [5.41, 5.74) is -4.96. The van der Waals surface area contributed by atoms with E-state index in [1.54, 1.807) is 0 Å². The Labute approximate surface area is 389 Å². The molecule has 0 amide bonds. The Morgan fingerprint density at radius 3 is 1.00 bits per heavy atom. The van der Waals surface area contributed by atoms with Crippen LogP contribution in [0.5, 0.6) is 0 Å². The standard InChI is InChI=1S/C36H51N7.C4H8O.2CHF3O3S.Fe/c1-4-10-28(11-5-1)37-22-31-16-19-34(40-31)25-43(26-35-20-17-32(41-35)23-38-29-12-6-2-7-13-29)27-36-21-18-33(42-36)24-39-30-14-8-3-9-15-30;1-2-4-5-3-1;2*2-1(3,4)8(5,6)7;/h16-24,28-30,37-39H,1-15,25-27H2;1-4H2;2*(H,5,6,7);/q;;;;+3/p-2/b31-22+,32-23+,33-24+;;;;. The number of halogens is 6. The van der Waals surface area contributed by atoms with E-state index >= 15 is 0 Å². The molecule has 7 rings (SSSR count). The Balaban J connectivity index is 0.000000421. The Hall–Kier alpha value is -3.31. The minimum Gasteiger partial charge on any atom is -0.741 e. The molecule has 3 aliphatic carbocycles. The second-order valence-electron chi connectivity index (χ2n) is 16.3. The number of nitrogens with one attached hydrogen (secondary N) is 3. The van der Waals surface area contributed by atoms with E-state index in [9.17, 15) is 26.3 Å². The first-order valence-electron chi connectivity index (χ1n) is 21.8. The number of ether oxygens (including phenoxy) is 1. The van der Waals surface area contributed by atoms with Gasteiger partial charge in [-0.15, -0.1) is 0 Å². The van der Waals surface area contributed by atoms with Gasteiger partial charge in [0.05, 0.1) is 34.2 Å². The van der Waals surface area contributed by atoms with Crippen LogP contribution in [0.1, 0.15) is 109 Å². The quantitative estimate of drug-likeness (QED) is 0.0757. The average molecular weight is 1010 g/mol. The van der Waals surface area contributed by atoms with Gasteiger partial charge in [-0.1, -0.05) is 57.8 Å². The van der Waals surface area contributed by atoms with Gasteiger partial charge < -0.3 is 29.8 Å². The van der Waals surface area contributed by atoms with Crippen molar-refractivity contribution in [3.8, 4) is 0 Å². The minimum absolute atomic E-state index is 0. The molecule has 0 spiro atoms. The van der Waals surface area contributed by atoms with E-state index in [-0.39, 0.29) is 17.1 Å². The number of hydrogen-bond donors (Lipinski definition) is 3. The fourth-order valence-corrected chi connectivity index (χ4v) is 7.55. The van der Waals surface area contributed by atoms with Crippen molar-refractivity contribution in [1.82, 2.24) is 20.9 Å². The molecule has 14 nitrogen and oxygen atoms in total. The van der Waals surface area contributed by atoms with Gasteiger partial charge in [-0.3, -0.25) is 19.9 Å². The van der Waals surface area contributed by atoms with Crippen molar-refractivity contribution < 1.29 is 74.1 Å². The van der Waals surface area contributed by atoms with E-state index in [2.05, 4.69) is 75.9 Å². The molecule has 3 N–H and O–H groups in total. The maximum absolute atomic E-state index is 10.7. The number of nitrogens with zero attached hydrogens (tertiary/aromatic N) is 4. The Kier molecular flexibility index (Phi) is 23.7. The van der Waals surface area contributed by atoms with Gasteiger partial charge in [-0.2, -0.15) is 26.3 Å². The zero-order chi connectivity index (χ0) is 46.6. The van der Waals surface area contributed by atoms with Gasteiger partial charge in [0, 0.05) is 69.6 Å². The van der Waals surface area contributed by atoms with Crippen molar-refractivity contribution in [1.29, 1.82) is 0 Å². The molecule has 0 aromatic heterocycles. The average Bonchev–Trinajstić information content (AvgIpc) is 4.10. The Morgan fingerprint density at radius 2 is 0.785 bits per heavy atom. The topological polar surface area (TPSA) is 200 Å². The zero-order valence-corrected chi connectivity index (χ0v) is 38.8. The third-order valence-corrected chi connectivity index (χ3v) is 12.1. The molecular weight excluding hydrogens is 948 g/mol. The summed E-state index contributed by atoms with van der Waals surface area (Å²) >= 11 is 0. The number of aliphatic imine (C=N–C) groups is 3. The van der Waals surface area contributed by atoms with Crippen LogP contribution < -0.4 is 16.0 Å². The van der Waals surface area contributed by atoms with Crippen molar-refractivity contribution in [2.45, 2.75) is 138 Å². The van der Waals surface area contributed by atoms with Crippen LogP contribution >= 0.6 is 0 Å². The van der Waals surface area contributed by atoms with Crippen LogP contribution in [0, 0.1) is 0 Å². The van der Waals surface area contributed by atoms with Crippen molar-refractivity contribution in [2.75, 3.05) is 32.8 Å². The Morgan fingerprint density at radius 1 is 0.523 bits per heavy atom. The first-order valence-corrected chi connectivity index (χ1v) is 24.6. The molecule has 7 aliphatic rings.